The molecule has 8 rings (SSSR count). The van der Waals surface area contributed by atoms with Gasteiger partial charge in [-0.2, -0.15) is 0 Å². The zero-order valence-electron chi connectivity index (χ0n) is 26.1. The molecule has 0 aliphatic carbocycles. The number of aryl methyl sites for hydroxylation is 4. The number of pyridine rings is 3. The Kier molecular flexibility index (Phi) is 8.89. The second-order valence-electron chi connectivity index (χ2n) is 11.4. The Balaban J connectivity index is 0.000000187. The molecule has 1 radical (unpaired) electrons. The first-order valence-corrected chi connectivity index (χ1v) is 15.0. The van der Waals surface area contributed by atoms with Gasteiger partial charge >= 0.3 is 0 Å². The number of benzene rings is 4. The Morgan fingerprint density at radius 3 is 2.28 bits per heavy atom. The second-order valence-corrected chi connectivity index (χ2v) is 11.4. The number of rotatable bonds is 3. The van der Waals surface area contributed by atoms with Crippen molar-refractivity contribution >= 4 is 32.6 Å². The van der Waals surface area contributed by atoms with E-state index < -0.39 is 0 Å². The third kappa shape index (κ3) is 6.00. The van der Waals surface area contributed by atoms with E-state index in [1.165, 1.54) is 33.0 Å². The van der Waals surface area contributed by atoms with E-state index in [4.69, 9.17) is 9.40 Å². The first-order chi connectivity index (χ1) is 22.0. The molecule has 4 nitrogen and oxygen atoms in total. The SMILES string of the molecule is Cc1c[c-]c(-c2cc(C)c(C)cn2)cc1C.[Ir].[c-]1c(-c2ncccc2-c2ccc3ccccc3c2)c2cccnc2c2occc12. The number of fused-ring (bicyclic) bond motifs is 4. The third-order valence-electron chi connectivity index (χ3n) is 8.40. The summed E-state index contributed by atoms with van der Waals surface area (Å²) in [5, 5.41) is 4.32. The van der Waals surface area contributed by atoms with Crippen LogP contribution in [0.3, 0.4) is 0 Å². The maximum atomic E-state index is 5.67. The van der Waals surface area contributed by atoms with E-state index in [0.717, 1.165) is 55.5 Å². The zero-order valence-corrected chi connectivity index (χ0v) is 28.4. The van der Waals surface area contributed by atoms with E-state index in [9.17, 15) is 0 Å². The molecule has 5 heteroatoms. The smallest absolute Gasteiger partial charge is 0.0847 e. The zero-order chi connectivity index (χ0) is 30.9. The van der Waals surface area contributed by atoms with Gasteiger partial charge in [0.1, 0.15) is 0 Å². The maximum absolute atomic E-state index is 5.67. The molecule has 0 saturated heterocycles. The molecule has 0 unspecified atom stereocenters. The van der Waals surface area contributed by atoms with Crippen molar-refractivity contribution in [2.45, 2.75) is 27.7 Å². The van der Waals surface area contributed by atoms with Crippen LogP contribution in [0.5, 0.6) is 0 Å². The molecular formula is C41H31IrN3O-2. The van der Waals surface area contributed by atoms with Crippen LogP contribution in [0.4, 0.5) is 0 Å². The van der Waals surface area contributed by atoms with Crippen LogP contribution in [-0.4, -0.2) is 15.0 Å². The van der Waals surface area contributed by atoms with Gasteiger partial charge in [0, 0.05) is 56.2 Å². The number of hydrogen-bond acceptors (Lipinski definition) is 4. The molecule has 0 fully saturated rings. The molecule has 46 heavy (non-hydrogen) atoms. The minimum absolute atomic E-state index is 0. The van der Waals surface area contributed by atoms with Crippen molar-refractivity contribution in [1.29, 1.82) is 0 Å². The van der Waals surface area contributed by atoms with Crippen molar-refractivity contribution in [1.82, 2.24) is 15.0 Å². The number of furan rings is 1. The predicted octanol–water partition coefficient (Wildman–Crippen LogP) is 10.4. The van der Waals surface area contributed by atoms with Gasteiger partial charge in [0.25, 0.3) is 0 Å². The van der Waals surface area contributed by atoms with Gasteiger partial charge in [-0.05, 0) is 59.1 Å². The number of hydrogen-bond donors (Lipinski definition) is 0. The van der Waals surface area contributed by atoms with Crippen molar-refractivity contribution in [2.24, 2.45) is 0 Å². The molecule has 0 amide bonds. The fourth-order valence-electron chi connectivity index (χ4n) is 5.55. The monoisotopic (exact) mass is 774 g/mol. The number of nitrogens with zero attached hydrogens (tertiary/aromatic N) is 3. The molecule has 4 aromatic carbocycles. The second kappa shape index (κ2) is 13.2. The van der Waals surface area contributed by atoms with E-state index in [0.29, 0.717) is 0 Å². The molecule has 227 valence electrons. The van der Waals surface area contributed by atoms with Crippen molar-refractivity contribution < 1.29 is 24.5 Å². The quantitative estimate of drug-likeness (QED) is 0.168. The fourth-order valence-corrected chi connectivity index (χ4v) is 5.55. The van der Waals surface area contributed by atoms with Gasteiger partial charge in [-0.25, -0.2) is 0 Å². The van der Waals surface area contributed by atoms with E-state index in [1.807, 2.05) is 36.7 Å². The molecule has 4 aromatic heterocycles. The summed E-state index contributed by atoms with van der Waals surface area (Å²) in [5.74, 6) is 0. The largest absolute Gasteiger partial charge is 0.506 e. The van der Waals surface area contributed by atoms with Crippen molar-refractivity contribution in [3.05, 3.63) is 150 Å². The summed E-state index contributed by atoms with van der Waals surface area (Å²) in [5.41, 5.74) is 12.8. The van der Waals surface area contributed by atoms with Gasteiger partial charge < -0.3 is 9.40 Å². The Labute approximate surface area is 282 Å². The van der Waals surface area contributed by atoms with Gasteiger partial charge in [-0.3, -0.25) is 9.97 Å². The van der Waals surface area contributed by atoms with Crippen LogP contribution < -0.4 is 0 Å². The average molecular weight is 774 g/mol. The van der Waals surface area contributed by atoms with E-state index in [1.54, 1.807) is 12.5 Å². The molecule has 4 heterocycles. The van der Waals surface area contributed by atoms with Gasteiger partial charge in [0.2, 0.25) is 0 Å². The average Bonchev–Trinajstić information content (AvgIpc) is 3.56. The standard InChI is InChI=1S/C26H15N2O.C15H16N.Ir/c1-2-6-18-15-19(10-9-17(18)5-1)21-7-3-12-27-24(21)23-16-20-11-14-29-26(20)25-22(23)8-4-13-28-25;1-10-5-6-14(7-11(10)2)15-8-12(3)13(4)9-16-15;/h1-15H;5,7-9H,1-4H3;/q2*-1;. The van der Waals surface area contributed by atoms with E-state index in [2.05, 4.69) is 117 Å². The van der Waals surface area contributed by atoms with Crippen molar-refractivity contribution in [3.63, 3.8) is 0 Å². The van der Waals surface area contributed by atoms with Crippen LogP contribution in [-0.2, 0) is 20.1 Å². The van der Waals surface area contributed by atoms with E-state index in [-0.39, 0.29) is 20.1 Å². The van der Waals surface area contributed by atoms with E-state index >= 15 is 0 Å². The number of aromatic nitrogens is 3. The minimum atomic E-state index is 0. The molecule has 0 spiro atoms. The molecular weight excluding hydrogens is 743 g/mol. The summed E-state index contributed by atoms with van der Waals surface area (Å²) in [4.78, 5) is 13.8. The predicted molar refractivity (Wildman–Crippen MR) is 184 cm³/mol. The summed E-state index contributed by atoms with van der Waals surface area (Å²) in [6.45, 7) is 8.41. The van der Waals surface area contributed by atoms with Gasteiger partial charge in [0.05, 0.1) is 5.58 Å². The summed E-state index contributed by atoms with van der Waals surface area (Å²) >= 11 is 0. The van der Waals surface area contributed by atoms with Crippen LogP contribution in [0.1, 0.15) is 22.3 Å². The van der Waals surface area contributed by atoms with Gasteiger partial charge in [0.15, 0.2) is 0 Å². The van der Waals surface area contributed by atoms with Crippen molar-refractivity contribution in [2.75, 3.05) is 0 Å². The van der Waals surface area contributed by atoms with Gasteiger partial charge in [-0.15, -0.1) is 41.0 Å². The summed E-state index contributed by atoms with van der Waals surface area (Å²) in [6, 6.07) is 38.0. The Bertz CT molecular complexity index is 2290. The van der Waals surface area contributed by atoms with Crippen LogP contribution in [0.25, 0.3) is 66.3 Å². The van der Waals surface area contributed by atoms with Crippen molar-refractivity contribution in [3.8, 4) is 33.6 Å². The fraction of sp³-hybridized carbons (Fsp3) is 0.0976. The van der Waals surface area contributed by atoms with Crippen LogP contribution >= 0.6 is 0 Å². The molecule has 0 N–H and O–H groups in total. The summed E-state index contributed by atoms with van der Waals surface area (Å²) in [7, 11) is 0. The summed E-state index contributed by atoms with van der Waals surface area (Å²) in [6.07, 6.45) is 7.22. The maximum Gasteiger partial charge on any atom is 0.0847 e. The molecule has 0 aliphatic heterocycles. The first-order valence-electron chi connectivity index (χ1n) is 15.0. The Morgan fingerprint density at radius 2 is 1.46 bits per heavy atom. The first kappa shape index (κ1) is 31.0. The van der Waals surface area contributed by atoms with Crippen LogP contribution in [0.15, 0.2) is 120 Å². The topological polar surface area (TPSA) is 51.8 Å². The molecule has 0 bridgehead atoms. The molecule has 0 atom stereocenters. The molecule has 0 saturated carbocycles. The van der Waals surface area contributed by atoms with Crippen LogP contribution in [0.2, 0.25) is 0 Å². The van der Waals surface area contributed by atoms with Gasteiger partial charge in [-0.1, -0.05) is 102 Å². The minimum Gasteiger partial charge on any atom is -0.506 e. The normalized spacial score (nSPS) is 10.9. The molecule has 8 aromatic rings. The molecule has 0 aliphatic rings. The summed E-state index contributed by atoms with van der Waals surface area (Å²) < 4.78 is 5.67. The Morgan fingerprint density at radius 1 is 0.674 bits per heavy atom. The third-order valence-corrected chi connectivity index (χ3v) is 8.40. The Hall–Kier alpha value is -4.96. The van der Waals surface area contributed by atoms with Crippen LogP contribution in [0, 0.1) is 39.8 Å².